The lowest BCUT2D eigenvalue weighted by atomic mass is 10.2. The van der Waals surface area contributed by atoms with E-state index in [1.165, 1.54) is 0 Å². The maximum Gasteiger partial charge on any atom is 0.222 e. The fourth-order valence-electron chi connectivity index (χ4n) is 1.74. The third kappa shape index (κ3) is 2.24. The zero-order valence-electron chi connectivity index (χ0n) is 8.76. The highest BCUT2D eigenvalue weighted by molar-refractivity contribution is 5.79. The summed E-state index contributed by atoms with van der Waals surface area (Å²) in [4.78, 5) is 17.3. The van der Waals surface area contributed by atoms with E-state index in [-0.39, 0.29) is 11.9 Å². The van der Waals surface area contributed by atoms with Crippen LogP contribution in [0.3, 0.4) is 0 Å². The summed E-state index contributed by atoms with van der Waals surface area (Å²) >= 11 is 0. The van der Waals surface area contributed by atoms with E-state index in [4.69, 9.17) is 0 Å². The molecule has 15 heavy (non-hydrogen) atoms. The molecule has 0 spiro atoms. The number of carbonyl (C=O) groups is 1. The Morgan fingerprint density at radius 1 is 1.53 bits per heavy atom. The summed E-state index contributed by atoms with van der Waals surface area (Å²) in [5.41, 5.74) is 0.935. The first-order valence-corrected chi connectivity index (χ1v) is 5.12. The molecule has 1 aliphatic heterocycles. The fraction of sp³-hybridized carbons (Fsp3) is 0.333. The van der Waals surface area contributed by atoms with Gasteiger partial charge < -0.3 is 4.90 Å². The van der Waals surface area contributed by atoms with Crippen molar-refractivity contribution < 1.29 is 4.79 Å². The van der Waals surface area contributed by atoms with Crippen molar-refractivity contribution in [2.45, 2.75) is 18.9 Å². The maximum absolute atomic E-state index is 11.3. The van der Waals surface area contributed by atoms with E-state index >= 15 is 0 Å². The van der Waals surface area contributed by atoms with Crippen LogP contribution < -0.4 is 0 Å². The Morgan fingerprint density at radius 3 is 3.00 bits per heavy atom. The largest absolute Gasteiger partial charge is 0.339 e. The summed E-state index contributed by atoms with van der Waals surface area (Å²) in [6.07, 6.45) is 7.36. The number of hydrogen-bond acceptors (Lipinski definition) is 2. The van der Waals surface area contributed by atoms with Crippen LogP contribution >= 0.6 is 0 Å². The van der Waals surface area contributed by atoms with E-state index < -0.39 is 0 Å². The molecule has 0 saturated carbocycles. The zero-order chi connectivity index (χ0) is 10.7. The number of pyridine rings is 1. The van der Waals surface area contributed by atoms with Crippen LogP contribution in [-0.2, 0) is 4.79 Å². The van der Waals surface area contributed by atoms with Crippen LogP contribution in [0.1, 0.15) is 18.5 Å². The molecule has 1 aromatic heterocycles. The van der Waals surface area contributed by atoms with Crippen LogP contribution in [0.4, 0.5) is 0 Å². The SMILES string of the molecule is CN1C(=O)CC[C@H]1/C=C/c1ccccn1. The molecule has 1 amide bonds. The van der Waals surface area contributed by atoms with Crippen molar-refractivity contribution in [3.8, 4) is 0 Å². The zero-order valence-corrected chi connectivity index (χ0v) is 8.76. The highest BCUT2D eigenvalue weighted by Crippen LogP contribution is 2.18. The standard InChI is InChI=1S/C12H14N2O/c1-14-11(7-8-12(14)15)6-5-10-4-2-3-9-13-10/h2-6,9,11H,7-8H2,1H3/b6-5+/t11-/m1/s1. The normalized spacial score (nSPS) is 21.5. The summed E-state index contributed by atoms with van der Waals surface area (Å²) < 4.78 is 0. The van der Waals surface area contributed by atoms with Gasteiger partial charge in [0.1, 0.15) is 0 Å². The van der Waals surface area contributed by atoms with Crippen molar-refractivity contribution in [1.82, 2.24) is 9.88 Å². The van der Waals surface area contributed by atoms with Crippen molar-refractivity contribution in [1.29, 1.82) is 0 Å². The van der Waals surface area contributed by atoms with E-state index in [0.29, 0.717) is 6.42 Å². The molecule has 1 aliphatic rings. The predicted molar refractivity (Wildman–Crippen MR) is 59.1 cm³/mol. The summed E-state index contributed by atoms with van der Waals surface area (Å²) in [5.74, 6) is 0.227. The number of hydrogen-bond donors (Lipinski definition) is 0. The Labute approximate surface area is 89.4 Å². The summed E-state index contributed by atoms with van der Waals surface area (Å²) in [6.45, 7) is 0. The summed E-state index contributed by atoms with van der Waals surface area (Å²) in [6, 6.07) is 6.03. The van der Waals surface area contributed by atoms with E-state index in [2.05, 4.69) is 4.98 Å². The maximum atomic E-state index is 11.3. The molecular weight excluding hydrogens is 188 g/mol. The van der Waals surface area contributed by atoms with Crippen molar-refractivity contribution in [2.24, 2.45) is 0 Å². The third-order valence-corrected chi connectivity index (χ3v) is 2.72. The average Bonchev–Trinajstić information content (AvgIpc) is 2.59. The Balaban J connectivity index is 2.04. The number of rotatable bonds is 2. The molecule has 3 nitrogen and oxygen atoms in total. The average molecular weight is 202 g/mol. The van der Waals surface area contributed by atoms with Gasteiger partial charge in [0.25, 0.3) is 0 Å². The van der Waals surface area contributed by atoms with Gasteiger partial charge in [0.05, 0.1) is 11.7 Å². The minimum atomic E-state index is 0.227. The third-order valence-electron chi connectivity index (χ3n) is 2.72. The smallest absolute Gasteiger partial charge is 0.222 e. The minimum absolute atomic E-state index is 0.227. The molecular formula is C12H14N2O. The summed E-state index contributed by atoms with van der Waals surface area (Å²) in [5, 5.41) is 0. The molecule has 0 aliphatic carbocycles. The van der Waals surface area contributed by atoms with Gasteiger partial charge >= 0.3 is 0 Å². The minimum Gasteiger partial charge on any atom is -0.339 e. The molecule has 2 rings (SSSR count). The number of aromatic nitrogens is 1. The van der Waals surface area contributed by atoms with Gasteiger partial charge in [-0.25, -0.2) is 0 Å². The Hall–Kier alpha value is -1.64. The Morgan fingerprint density at radius 2 is 2.40 bits per heavy atom. The number of likely N-dealkylation sites (tertiary alicyclic amines) is 1. The molecule has 0 radical (unpaired) electrons. The molecule has 0 N–H and O–H groups in total. The number of carbonyl (C=O) groups excluding carboxylic acids is 1. The number of amides is 1. The van der Waals surface area contributed by atoms with Gasteiger partial charge in [0.2, 0.25) is 5.91 Å². The fourth-order valence-corrected chi connectivity index (χ4v) is 1.74. The van der Waals surface area contributed by atoms with E-state index in [1.807, 2.05) is 37.4 Å². The lowest BCUT2D eigenvalue weighted by Gasteiger charge is -2.15. The highest BCUT2D eigenvalue weighted by atomic mass is 16.2. The second-order valence-electron chi connectivity index (χ2n) is 3.72. The topological polar surface area (TPSA) is 33.2 Å². The predicted octanol–water partition coefficient (Wildman–Crippen LogP) is 1.72. The van der Waals surface area contributed by atoms with Crippen LogP contribution in [0, 0.1) is 0 Å². The van der Waals surface area contributed by atoms with Gasteiger partial charge in [0.15, 0.2) is 0 Å². The van der Waals surface area contributed by atoms with Crippen LogP contribution in [0.5, 0.6) is 0 Å². The Bertz CT molecular complexity index is 372. The van der Waals surface area contributed by atoms with Gasteiger partial charge in [-0.2, -0.15) is 0 Å². The van der Waals surface area contributed by atoms with Crippen LogP contribution in [0.25, 0.3) is 6.08 Å². The van der Waals surface area contributed by atoms with Gasteiger partial charge in [0, 0.05) is 19.7 Å². The van der Waals surface area contributed by atoms with Crippen molar-refractivity contribution >= 4 is 12.0 Å². The van der Waals surface area contributed by atoms with E-state index in [9.17, 15) is 4.79 Å². The lowest BCUT2D eigenvalue weighted by Crippen LogP contribution is -2.26. The molecule has 3 heteroatoms. The molecule has 1 fully saturated rings. The Kier molecular flexibility index (Phi) is 2.81. The molecule has 2 heterocycles. The molecule has 78 valence electrons. The van der Waals surface area contributed by atoms with Gasteiger partial charge in [-0.15, -0.1) is 0 Å². The lowest BCUT2D eigenvalue weighted by molar-refractivity contribution is -0.127. The van der Waals surface area contributed by atoms with Crippen molar-refractivity contribution in [2.75, 3.05) is 7.05 Å². The highest BCUT2D eigenvalue weighted by Gasteiger charge is 2.24. The first kappa shape index (κ1) is 9.90. The number of likely N-dealkylation sites (N-methyl/N-ethyl adjacent to an activating group) is 1. The van der Waals surface area contributed by atoms with E-state index in [1.54, 1.807) is 11.1 Å². The second kappa shape index (κ2) is 4.26. The van der Waals surface area contributed by atoms with Crippen LogP contribution in [0.15, 0.2) is 30.5 Å². The van der Waals surface area contributed by atoms with Crippen LogP contribution in [-0.4, -0.2) is 28.9 Å². The van der Waals surface area contributed by atoms with Crippen LogP contribution in [0.2, 0.25) is 0 Å². The molecule has 1 aromatic rings. The van der Waals surface area contributed by atoms with Gasteiger partial charge in [-0.05, 0) is 24.6 Å². The monoisotopic (exact) mass is 202 g/mol. The quantitative estimate of drug-likeness (QED) is 0.731. The molecule has 0 unspecified atom stereocenters. The van der Waals surface area contributed by atoms with Gasteiger partial charge in [-0.1, -0.05) is 12.1 Å². The van der Waals surface area contributed by atoms with E-state index in [0.717, 1.165) is 12.1 Å². The van der Waals surface area contributed by atoms with Crippen molar-refractivity contribution in [3.05, 3.63) is 36.2 Å². The second-order valence-corrected chi connectivity index (χ2v) is 3.72. The summed E-state index contributed by atoms with van der Waals surface area (Å²) in [7, 11) is 1.85. The first-order valence-electron chi connectivity index (χ1n) is 5.12. The molecule has 0 aromatic carbocycles. The first-order chi connectivity index (χ1) is 7.27. The van der Waals surface area contributed by atoms with Gasteiger partial charge in [-0.3, -0.25) is 9.78 Å². The van der Waals surface area contributed by atoms with Crippen molar-refractivity contribution in [3.63, 3.8) is 0 Å². The molecule has 0 bridgehead atoms. The molecule has 1 atom stereocenters. The molecule has 1 saturated heterocycles. The number of nitrogens with zero attached hydrogens (tertiary/aromatic N) is 2.